The van der Waals surface area contributed by atoms with Crippen molar-refractivity contribution < 1.29 is 4.74 Å². The SMILES string of the molecule is CCCCOc1c(Cl)cccc1C#N. The van der Waals surface area contributed by atoms with Crippen molar-refractivity contribution >= 4 is 11.6 Å². The second kappa shape index (κ2) is 5.51. The van der Waals surface area contributed by atoms with E-state index in [0.717, 1.165) is 12.8 Å². The predicted molar refractivity (Wildman–Crippen MR) is 56.6 cm³/mol. The number of hydrogen-bond acceptors (Lipinski definition) is 2. The lowest BCUT2D eigenvalue weighted by Gasteiger charge is -2.08. The molecule has 0 N–H and O–H groups in total. The van der Waals surface area contributed by atoms with E-state index >= 15 is 0 Å². The van der Waals surface area contributed by atoms with Crippen LogP contribution in [0.25, 0.3) is 0 Å². The van der Waals surface area contributed by atoms with Gasteiger partial charge in [0.15, 0.2) is 5.75 Å². The van der Waals surface area contributed by atoms with E-state index in [1.165, 1.54) is 0 Å². The van der Waals surface area contributed by atoms with Crippen LogP contribution in [0, 0.1) is 11.3 Å². The number of nitrogens with zero attached hydrogens (tertiary/aromatic N) is 1. The molecule has 0 aromatic heterocycles. The van der Waals surface area contributed by atoms with Crippen molar-refractivity contribution in [2.45, 2.75) is 19.8 Å². The molecule has 0 unspecified atom stereocenters. The molecule has 0 amide bonds. The smallest absolute Gasteiger partial charge is 0.155 e. The van der Waals surface area contributed by atoms with Gasteiger partial charge in [0.05, 0.1) is 17.2 Å². The third-order valence-corrected chi connectivity index (χ3v) is 2.13. The monoisotopic (exact) mass is 209 g/mol. The third kappa shape index (κ3) is 2.65. The molecule has 0 aliphatic carbocycles. The zero-order chi connectivity index (χ0) is 10.4. The van der Waals surface area contributed by atoms with Gasteiger partial charge in [-0.2, -0.15) is 5.26 Å². The van der Waals surface area contributed by atoms with E-state index in [1.807, 2.05) is 0 Å². The summed E-state index contributed by atoms with van der Waals surface area (Å²) in [7, 11) is 0. The lowest BCUT2D eigenvalue weighted by molar-refractivity contribution is 0.308. The predicted octanol–water partition coefficient (Wildman–Crippen LogP) is 3.39. The van der Waals surface area contributed by atoms with E-state index in [9.17, 15) is 0 Å². The lowest BCUT2D eigenvalue weighted by atomic mass is 10.2. The highest BCUT2D eigenvalue weighted by molar-refractivity contribution is 6.32. The van der Waals surface area contributed by atoms with E-state index in [1.54, 1.807) is 18.2 Å². The summed E-state index contributed by atoms with van der Waals surface area (Å²) in [5, 5.41) is 9.31. The molecule has 3 heteroatoms. The summed E-state index contributed by atoms with van der Waals surface area (Å²) < 4.78 is 5.44. The van der Waals surface area contributed by atoms with Crippen LogP contribution >= 0.6 is 11.6 Å². The number of halogens is 1. The maximum absolute atomic E-state index is 8.81. The largest absolute Gasteiger partial charge is 0.491 e. The van der Waals surface area contributed by atoms with Gasteiger partial charge in [0, 0.05) is 0 Å². The minimum atomic E-state index is 0.494. The molecule has 0 saturated heterocycles. The van der Waals surface area contributed by atoms with Crippen molar-refractivity contribution in [2.75, 3.05) is 6.61 Å². The molecule has 74 valence electrons. The summed E-state index contributed by atoms with van der Waals surface area (Å²) in [6.07, 6.45) is 2.03. The topological polar surface area (TPSA) is 33.0 Å². The van der Waals surface area contributed by atoms with Crippen LogP contribution < -0.4 is 4.74 Å². The Kier molecular flexibility index (Phi) is 4.28. The molecule has 1 rings (SSSR count). The Labute approximate surface area is 89.1 Å². The van der Waals surface area contributed by atoms with Crippen molar-refractivity contribution in [3.8, 4) is 11.8 Å². The van der Waals surface area contributed by atoms with Crippen LogP contribution in [0.15, 0.2) is 18.2 Å². The van der Waals surface area contributed by atoms with Gasteiger partial charge in [-0.1, -0.05) is 31.0 Å². The Bertz CT molecular complexity index is 344. The van der Waals surface area contributed by atoms with Crippen molar-refractivity contribution in [2.24, 2.45) is 0 Å². The summed E-state index contributed by atoms with van der Waals surface area (Å²) in [5.41, 5.74) is 0.494. The number of ether oxygens (including phenoxy) is 1. The second-order valence-electron chi connectivity index (χ2n) is 2.93. The lowest BCUT2D eigenvalue weighted by Crippen LogP contribution is -1.98. The second-order valence-corrected chi connectivity index (χ2v) is 3.34. The minimum Gasteiger partial charge on any atom is -0.491 e. The first-order valence-corrected chi connectivity index (χ1v) is 4.98. The van der Waals surface area contributed by atoms with Gasteiger partial charge in [-0.25, -0.2) is 0 Å². The summed E-state index contributed by atoms with van der Waals surface area (Å²) >= 11 is 5.91. The highest BCUT2D eigenvalue weighted by Crippen LogP contribution is 2.28. The van der Waals surface area contributed by atoms with E-state index in [0.29, 0.717) is 22.9 Å². The molecule has 0 radical (unpaired) electrons. The van der Waals surface area contributed by atoms with Crippen molar-refractivity contribution in [3.63, 3.8) is 0 Å². The molecule has 0 spiro atoms. The fourth-order valence-corrected chi connectivity index (χ4v) is 1.29. The van der Waals surface area contributed by atoms with Gasteiger partial charge < -0.3 is 4.74 Å². The number of hydrogen-bond donors (Lipinski definition) is 0. The van der Waals surface area contributed by atoms with Gasteiger partial charge in [-0.05, 0) is 18.6 Å². The molecular formula is C11H12ClNO. The van der Waals surface area contributed by atoms with Crippen LogP contribution in [-0.2, 0) is 0 Å². The maximum atomic E-state index is 8.81. The number of unbranched alkanes of at least 4 members (excludes halogenated alkanes) is 1. The number of para-hydroxylation sites is 1. The molecule has 0 atom stereocenters. The van der Waals surface area contributed by atoms with Crippen LogP contribution in [0.4, 0.5) is 0 Å². The van der Waals surface area contributed by atoms with Crippen LogP contribution in [0.1, 0.15) is 25.3 Å². The first kappa shape index (κ1) is 10.9. The standard InChI is InChI=1S/C11H12ClNO/c1-2-3-7-14-11-9(8-13)5-4-6-10(11)12/h4-6H,2-3,7H2,1H3. The minimum absolute atomic E-state index is 0.494. The van der Waals surface area contributed by atoms with Crippen LogP contribution in [0.2, 0.25) is 5.02 Å². The highest BCUT2D eigenvalue weighted by Gasteiger charge is 2.06. The molecule has 2 nitrogen and oxygen atoms in total. The molecule has 0 saturated carbocycles. The quantitative estimate of drug-likeness (QED) is 0.713. The van der Waals surface area contributed by atoms with Crippen LogP contribution in [0.3, 0.4) is 0 Å². The van der Waals surface area contributed by atoms with Crippen LogP contribution in [0.5, 0.6) is 5.75 Å². The number of rotatable bonds is 4. The maximum Gasteiger partial charge on any atom is 0.155 e. The van der Waals surface area contributed by atoms with Crippen LogP contribution in [-0.4, -0.2) is 6.61 Å². The summed E-state index contributed by atoms with van der Waals surface area (Å²) in [4.78, 5) is 0. The molecule has 1 aromatic rings. The van der Waals surface area contributed by atoms with Crippen molar-refractivity contribution in [1.29, 1.82) is 5.26 Å². The summed E-state index contributed by atoms with van der Waals surface area (Å²) in [5.74, 6) is 0.505. The fraction of sp³-hybridized carbons (Fsp3) is 0.364. The normalized spacial score (nSPS) is 9.50. The van der Waals surface area contributed by atoms with E-state index in [4.69, 9.17) is 21.6 Å². The van der Waals surface area contributed by atoms with Crippen molar-refractivity contribution in [3.05, 3.63) is 28.8 Å². The van der Waals surface area contributed by atoms with Gasteiger partial charge in [0.25, 0.3) is 0 Å². The Morgan fingerprint density at radius 3 is 2.93 bits per heavy atom. The Morgan fingerprint density at radius 2 is 2.29 bits per heavy atom. The van der Waals surface area contributed by atoms with Gasteiger partial charge in [-0.3, -0.25) is 0 Å². The molecule has 0 aliphatic heterocycles. The van der Waals surface area contributed by atoms with Gasteiger partial charge in [0.1, 0.15) is 6.07 Å². The summed E-state index contributed by atoms with van der Waals surface area (Å²) in [6, 6.07) is 7.22. The average molecular weight is 210 g/mol. The van der Waals surface area contributed by atoms with E-state index in [2.05, 4.69) is 13.0 Å². The zero-order valence-electron chi connectivity index (χ0n) is 8.09. The first-order chi connectivity index (χ1) is 6.79. The molecule has 14 heavy (non-hydrogen) atoms. The molecule has 0 aliphatic rings. The fourth-order valence-electron chi connectivity index (χ4n) is 1.06. The molecule has 0 fully saturated rings. The number of nitriles is 1. The van der Waals surface area contributed by atoms with Gasteiger partial charge in [-0.15, -0.1) is 0 Å². The molecule has 0 bridgehead atoms. The number of benzene rings is 1. The highest BCUT2D eigenvalue weighted by atomic mass is 35.5. The molecule has 1 aromatic carbocycles. The Morgan fingerprint density at radius 1 is 1.50 bits per heavy atom. The van der Waals surface area contributed by atoms with Crippen molar-refractivity contribution in [1.82, 2.24) is 0 Å². The van der Waals surface area contributed by atoms with E-state index in [-0.39, 0.29) is 0 Å². The van der Waals surface area contributed by atoms with Gasteiger partial charge in [0.2, 0.25) is 0 Å². The summed E-state index contributed by atoms with van der Waals surface area (Å²) in [6.45, 7) is 2.69. The molecular weight excluding hydrogens is 198 g/mol. The van der Waals surface area contributed by atoms with Gasteiger partial charge >= 0.3 is 0 Å². The Balaban J connectivity index is 2.78. The third-order valence-electron chi connectivity index (χ3n) is 1.83. The first-order valence-electron chi connectivity index (χ1n) is 4.61. The Hall–Kier alpha value is -1.20. The average Bonchev–Trinajstić information content (AvgIpc) is 2.20. The molecule has 0 heterocycles. The zero-order valence-corrected chi connectivity index (χ0v) is 8.84. The van der Waals surface area contributed by atoms with E-state index < -0.39 is 0 Å².